The summed E-state index contributed by atoms with van der Waals surface area (Å²) in [6, 6.07) is 5.76. The van der Waals surface area contributed by atoms with Crippen LogP contribution >= 0.6 is 11.8 Å². The van der Waals surface area contributed by atoms with E-state index in [0.29, 0.717) is 0 Å². The number of anilines is 1. The van der Waals surface area contributed by atoms with Crippen LogP contribution in [-0.2, 0) is 4.74 Å². The van der Waals surface area contributed by atoms with Crippen LogP contribution in [0, 0.1) is 0 Å². The monoisotopic (exact) mass is 282 g/mol. The lowest BCUT2D eigenvalue weighted by Crippen LogP contribution is -2.43. The first-order chi connectivity index (χ1) is 9.22. The number of benzene rings is 1. The number of nitrogen functional groups attached to an aromatic ring is 1. The largest absolute Gasteiger partial charge is 0.497 e. The van der Waals surface area contributed by atoms with Crippen molar-refractivity contribution in [2.45, 2.75) is 17.9 Å². The second kappa shape index (κ2) is 7.03. The van der Waals surface area contributed by atoms with Crippen LogP contribution in [0.1, 0.15) is 6.92 Å². The van der Waals surface area contributed by atoms with Gasteiger partial charge in [0.05, 0.1) is 19.8 Å². The van der Waals surface area contributed by atoms with Gasteiger partial charge >= 0.3 is 0 Å². The first-order valence-electron chi connectivity index (χ1n) is 6.63. The van der Waals surface area contributed by atoms with Crippen LogP contribution in [0.5, 0.6) is 5.75 Å². The van der Waals surface area contributed by atoms with Crippen molar-refractivity contribution in [3.63, 3.8) is 0 Å². The Kier molecular flexibility index (Phi) is 5.36. The van der Waals surface area contributed by atoms with Crippen molar-refractivity contribution in [3.8, 4) is 5.75 Å². The van der Waals surface area contributed by atoms with E-state index in [4.69, 9.17) is 15.2 Å². The quantitative estimate of drug-likeness (QED) is 0.662. The molecule has 0 spiro atoms. The SMILES string of the molecule is CCN1CCOC(CSc2cc(OC)ccc2N)C1. The van der Waals surface area contributed by atoms with Crippen LogP contribution in [-0.4, -0.2) is 50.1 Å². The molecule has 0 bridgehead atoms. The summed E-state index contributed by atoms with van der Waals surface area (Å²) < 4.78 is 11.0. The van der Waals surface area contributed by atoms with Gasteiger partial charge in [-0.25, -0.2) is 0 Å². The average molecular weight is 282 g/mol. The van der Waals surface area contributed by atoms with Crippen molar-refractivity contribution in [1.29, 1.82) is 0 Å². The average Bonchev–Trinajstić information content (AvgIpc) is 2.46. The first kappa shape index (κ1) is 14.5. The standard InChI is InChI=1S/C14H22N2O2S/c1-3-16-6-7-18-12(9-16)10-19-14-8-11(17-2)4-5-13(14)15/h4-5,8,12H,3,6-7,9-10,15H2,1-2H3. The van der Waals surface area contributed by atoms with E-state index in [1.807, 2.05) is 18.2 Å². The Morgan fingerprint density at radius 3 is 3.11 bits per heavy atom. The Labute approximate surface area is 119 Å². The second-order valence-corrected chi connectivity index (χ2v) is 5.66. The van der Waals surface area contributed by atoms with Crippen molar-refractivity contribution in [1.82, 2.24) is 4.90 Å². The number of rotatable bonds is 5. The van der Waals surface area contributed by atoms with Gasteiger partial charge in [-0.1, -0.05) is 6.92 Å². The van der Waals surface area contributed by atoms with E-state index >= 15 is 0 Å². The van der Waals surface area contributed by atoms with E-state index in [0.717, 1.165) is 48.3 Å². The van der Waals surface area contributed by atoms with Gasteiger partial charge in [-0.15, -0.1) is 11.8 Å². The molecule has 5 heteroatoms. The molecule has 0 aliphatic carbocycles. The van der Waals surface area contributed by atoms with Crippen LogP contribution in [0.4, 0.5) is 5.69 Å². The summed E-state index contributed by atoms with van der Waals surface area (Å²) in [5.41, 5.74) is 6.79. The molecular formula is C14H22N2O2S. The van der Waals surface area contributed by atoms with Gasteiger partial charge in [-0.2, -0.15) is 0 Å². The zero-order valence-electron chi connectivity index (χ0n) is 11.6. The minimum atomic E-state index is 0.282. The Balaban J connectivity index is 1.91. The lowest BCUT2D eigenvalue weighted by atomic mass is 10.3. The summed E-state index contributed by atoms with van der Waals surface area (Å²) in [6.45, 7) is 6.15. The lowest BCUT2D eigenvalue weighted by molar-refractivity contribution is -0.0137. The highest BCUT2D eigenvalue weighted by atomic mass is 32.2. The molecule has 2 N–H and O–H groups in total. The molecule has 0 saturated carbocycles. The molecular weight excluding hydrogens is 260 g/mol. The highest BCUT2D eigenvalue weighted by Gasteiger charge is 2.19. The Hall–Kier alpha value is -0.910. The molecule has 0 amide bonds. The van der Waals surface area contributed by atoms with E-state index in [2.05, 4.69) is 11.8 Å². The van der Waals surface area contributed by atoms with Crippen LogP contribution in [0.15, 0.2) is 23.1 Å². The summed E-state index contributed by atoms with van der Waals surface area (Å²) in [6.07, 6.45) is 0.282. The Bertz CT molecular complexity index is 414. The van der Waals surface area contributed by atoms with Gasteiger partial charge in [0.1, 0.15) is 5.75 Å². The maximum atomic E-state index is 5.99. The molecule has 19 heavy (non-hydrogen) atoms. The number of hydrogen-bond acceptors (Lipinski definition) is 5. The molecule has 4 nitrogen and oxygen atoms in total. The first-order valence-corrected chi connectivity index (χ1v) is 7.61. The maximum Gasteiger partial charge on any atom is 0.120 e. The van der Waals surface area contributed by atoms with Gasteiger partial charge in [0.2, 0.25) is 0 Å². The number of morpholine rings is 1. The molecule has 1 unspecified atom stereocenters. The van der Waals surface area contributed by atoms with Gasteiger partial charge in [-0.05, 0) is 24.7 Å². The molecule has 2 rings (SSSR count). The number of nitrogens with zero attached hydrogens (tertiary/aromatic N) is 1. The summed E-state index contributed by atoms with van der Waals surface area (Å²) in [7, 11) is 1.67. The number of ether oxygens (including phenoxy) is 2. The topological polar surface area (TPSA) is 47.7 Å². The lowest BCUT2D eigenvalue weighted by Gasteiger charge is -2.31. The molecule has 1 fully saturated rings. The van der Waals surface area contributed by atoms with Crippen molar-refractivity contribution >= 4 is 17.4 Å². The number of methoxy groups -OCH3 is 1. The number of thioether (sulfide) groups is 1. The number of likely N-dealkylation sites (N-methyl/N-ethyl adjacent to an activating group) is 1. The molecule has 1 saturated heterocycles. The molecule has 1 aliphatic rings. The molecule has 0 radical (unpaired) electrons. The van der Waals surface area contributed by atoms with Gasteiger partial charge in [-0.3, -0.25) is 4.90 Å². The molecule has 106 valence electrons. The maximum absolute atomic E-state index is 5.99. The van der Waals surface area contributed by atoms with Crippen molar-refractivity contribution in [2.75, 3.05) is 44.8 Å². The molecule has 1 aliphatic heterocycles. The fraction of sp³-hybridized carbons (Fsp3) is 0.571. The minimum Gasteiger partial charge on any atom is -0.497 e. The Morgan fingerprint density at radius 2 is 2.37 bits per heavy atom. The van der Waals surface area contributed by atoms with Crippen LogP contribution < -0.4 is 10.5 Å². The summed E-state index contributed by atoms with van der Waals surface area (Å²) in [4.78, 5) is 3.49. The van der Waals surface area contributed by atoms with E-state index in [-0.39, 0.29) is 6.10 Å². The third kappa shape index (κ3) is 4.03. The summed E-state index contributed by atoms with van der Waals surface area (Å²) in [5.74, 6) is 1.77. The highest BCUT2D eigenvalue weighted by Crippen LogP contribution is 2.30. The zero-order chi connectivity index (χ0) is 13.7. The van der Waals surface area contributed by atoms with Crippen molar-refractivity contribution in [3.05, 3.63) is 18.2 Å². The number of nitrogens with two attached hydrogens (primary N) is 1. The molecule has 1 atom stereocenters. The van der Waals surface area contributed by atoms with Crippen molar-refractivity contribution in [2.24, 2.45) is 0 Å². The predicted molar refractivity (Wildman–Crippen MR) is 80.0 cm³/mol. The zero-order valence-corrected chi connectivity index (χ0v) is 12.4. The second-order valence-electron chi connectivity index (χ2n) is 4.60. The fourth-order valence-electron chi connectivity index (χ4n) is 2.12. The predicted octanol–water partition coefficient (Wildman–Crippen LogP) is 2.09. The van der Waals surface area contributed by atoms with Gasteiger partial charge < -0.3 is 15.2 Å². The summed E-state index contributed by atoms with van der Waals surface area (Å²) in [5, 5.41) is 0. The van der Waals surface area contributed by atoms with Gasteiger partial charge in [0.15, 0.2) is 0 Å². The molecule has 1 heterocycles. The van der Waals surface area contributed by atoms with Crippen molar-refractivity contribution < 1.29 is 9.47 Å². The third-order valence-corrected chi connectivity index (χ3v) is 4.52. The fourth-order valence-corrected chi connectivity index (χ4v) is 3.12. The molecule has 1 aromatic rings. The minimum absolute atomic E-state index is 0.282. The van der Waals surface area contributed by atoms with E-state index in [9.17, 15) is 0 Å². The van der Waals surface area contributed by atoms with Gasteiger partial charge in [0.25, 0.3) is 0 Å². The van der Waals surface area contributed by atoms with E-state index in [1.54, 1.807) is 18.9 Å². The summed E-state index contributed by atoms with van der Waals surface area (Å²) >= 11 is 1.74. The van der Waals surface area contributed by atoms with E-state index < -0.39 is 0 Å². The molecule has 0 aromatic heterocycles. The highest BCUT2D eigenvalue weighted by molar-refractivity contribution is 7.99. The smallest absolute Gasteiger partial charge is 0.120 e. The van der Waals surface area contributed by atoms with Crippen LogP contribution in [0.3, 0.4) is 0 Å². The van der Waals surface area contributed by atoms with Crippen LogP contribution in [0.2, 0.25) is 0 Å². The van der Waals surface area contributed by atoms with Gasteiger partial charge in [0, 0.05) is 29.4 Å². The van der Waals surface area contributed by atoms with Crippen LogP contribution in [0.25, 0.3) is 0 Å². The number of hydrogen-bond donors (Lipinski definition) is 1. The molecule has 1 aromatic carbocycles. The van der Waals surface area contributed by atoms with E-state index in [1.165, 1.54) is 0 Å². The Morgan fingerprint density at radius 1 is 1.53 bits per heavy atom. The normalized spacial score (nSPS) is 20.4. The third-order valence-electron chi connectivity index (χ3n) is 3.32.